The summed E-state index contributed by atoms with van der Waals surface area (Å²) < 4.78 is 43.6. The van der Waals surface area contributed by atoms with Gasteiger partial charge in [-0.1, -0.05) is 0 Å². The Labute approximate surface area is 170 Å². The van der Waals surface area contributed by atoms with Crippen LogP contribution in [-0.4, -0.2) is 27.3 Å². The number of halogens is 3. The molecular weight excluding hydrogens is 397 g/mol. The van der Waals surface area contributed by atoms with Crippen LogP contribution in [0.5, 0.6) is 0 Å². The molecule has 0 spiro atoms. The molecule has 6 nitrogen and oxygen atoms in total. The number of amides is 1. The van der Waals surface area contributed by atoms with Gasteiger partial charge in [0.15, 0.2) is 0 Å². The van der Waals surface area contributed by atoms with E-state index in [9.17, 15) is 18.0 Å². The minimum Gasteiger partial charge on any atom is -0.383 e. The van der Waals surface area contributed by atoms with Crippen LogP contribution in [0.3, 0.4) is 0 Å². The predicted molar refractivity (Wildman–Crippen MR) is 104 cm³/mol. The van der Waals surface area contributed by atoms with Gasteiger partial charge in [-0.15, -0.1) is 0 Å². The lowest BCUT2D eigenvalue weighted by molar-refractivity contribution is -0.137. The molecule has 3 aromatic rings. The number of anilines is 1. The van der Waals surface area contributed by atoms with Crippen LogP contribution in [0.15, 0.2) is 36.5 Å². The Morgan fingerprint density at radius 2 is 1.97 bits per heavy atom. The number of pyridine rings is 2. The first-order valence-corrected chi connectivity index (χ1v) is 9.38. The lowest BCUT2D eigenvalue weighted by Gasteiger charge is -2.21. The lowest BCUT2D eigenvalue weighted by atomic mass is 10.0. The minimum atomic E-state index is -4.45. The number of hydrogen-bond acceptors (Lipinski definition) is 5. The van der Waals surface area contributed by atoms with Gasteiger partial charge < -0.3 is 15.4 Å². The van der Waals surface area contributed by atoms with Crippen molar-refractivity contribution in [2.45, 2.75) is 32.9 Å². The van der Waals surface area contributed by atoms with Crippen molar-refractivity contribution in [1.82, 2.24) is 14.9 Å². The molecule has 9 heteroatoms. The Hall–Kier alpha value is -3.20. The standard InChI is InChI=1S/C21H19F3N4O2/c1-2-28(9-14-5-4-13(8-26-14)21(22,23)24)20(29)12-3-6-18-15(7-12)16-10-30-11-17(16)19(25)27-18/h3-8H,2,9-11H2,1H3,(H2,25,27). The molecule has 1 aromatic carbocycles. The van der Waals surface area contributed by atoms with E-state index < -0.39 is 11.7 Å². The van der Waals surface area contributed by atoms with Crippen LogP contribution < -0.4 is 5.73 Å². The Morgan fingerprint density at radius 1 is 1.20 bits per heavy atom. The summed E-state index contributed by atoms with van der Waals surface area (Å²) in [5.74, 6) is 0.184. The number of nitrogen functional groups attached to an aromatic ring is 1. The van der Waals surface area contributed by atoms with Crippen LogP contribution in [0.2, 0.25) is 0 Å². The Morgan fingerprint density at radius 3 is 2.63 bits per heavy atom. The topological polar surface area (TPSA) is 81.3 Å². The van der Waals surface area contributed by atoms with E-state index in [1.165, 1.54) is 11.0 Å². The first kappa shape index (κ1) is 20.1. The number of carbonyl (C=O) groups is 1. The zero-order valence-corrected chi connectivity index (χ0v) is 16.2. The summed E-state index contributed by atoms with van der Waals surface area (Å²) in [5, 5.41) is 0.811. The average molecular weight is 416 g/mol. The molecular formula is C21H19F3N4O2. The maximum absolute atomic E-state index is 13.1. The number of rotatable bonds is 4. The van der Waals surface area contributed by atoms with Gasteiger partial charge in [0.2, 0.25) is 0 Å². The van der Waals surface area contributed by atoms with Crippen molar-refractivity contribution in [2.24, 2.45) is 0 Å². The number of carbonyl (C=O) groups excluding carboxylic acids is 1. The van der Waals surface area contributed by atoms with E-state index in [1.807, 2.05) is 0 Å². The molecule has 0 atom stereocenters. The van der Waals surface area contributed by atoms with Crippen molar-refractivity contribution < 1.29 is 22.7 Å². The quantitative estimate of drug-likeness (QED) is 0.697. The normalized spacial score (nSPS) is 13.5. The number of fused-ring (bicyclic) bond motifs is 3. The van der Waals surface area contributed by atoms with E-state index in [-0.39, 0.29) is 12.5 Å². The summed E-state index contributed by atoms with van der Waals surface area (Å²) in [5.41, 5.74) is 8.45. The van der Waals surface area contributed by atoms with Crippen molar-refractivity contribution in [2.75, 3.05) is 12.3 Å². The number of alkyl halides is 3. The molecule has 0 bridgehead atoms. The summed E-state index contributed by atoms with van der Waals surface area (Å²) >= 11 is 0. The van der Waals surface area contributed by atoms with Crippen molar-refractivity contribution in [3.63, 3.8) is 0 Å². The zero-order chi connectivity index (χ0) is 21.5. The van der Waals surface area contributed by atoms with Gasteiger partial charge in [-0.3, -0.25) is 9.78 Å². The van der Waals surface area contributed by atoms with Crippen LogP contribution in [-0.2, 0) is 30.7 Å². The van der Waals surface area contributed by atoms with Gasteiger partial charge in [0.25, 0.3) is 5.91 Å². The molecule has 0 radical (unpaired) electrons. The van der Waals surface area contributed by atoms with Crippen molar-refractivity contribution >= 4 is 22.6 Å². The number of nitrogens with zero attached hydrogens (tertiary/aromatic N) is 3. The molecule has 0 aliphatic carbocycles. The van der Waals surface area contributed by atoms with Gasteiger partial charge >= 0.3 is 6.18 Å². The Kier molecular flexibility index (Phi) is 5.07. The highest BCUT2D eigenvalue weighted by atomic mass is 19.4. The average Bonchev–Trinajstić information content (AvgIpc) is 3.22. The monoisotopic (exact) mass is 416 g/mol. The fraction of sp³-hybridized carbons (Fsp3) is 0.286. The van der Waals surface area contributed by atoms with Gasteiger partial charge in [-0.05, 0) is 42.8 Å². The van der Waals surface area contributed by atoms with E-state index in [4.69, 9.17) is 10.5 Å². The van der Waals surface area contributed by atoms with E-state index in [0.717, 1.165) is 28.8 Å². The molecule has 0 saturated carbocycles. The van der Waals surface area contributed by atoms with Crippen molar-refractivity contribution in [3.8, 4) is 0 Å². The summed E-state index contributed by atoms with van der Waals surface area (Å²) in [6, 6.07) is 7.43. The number of ether oxygens (including phenoxy) is 1. The fourth-order valence-corrected chi connectivity index (χ4v) is 3.49. The summed E-state index contributed by atoms with van der Waals surface area (Å²) in [7, 11) is 0. The third-order valence-corrected chi connectivity index (χ3v) is 5.15. The smallest absolute Gasteiger partial charge is 0.383 e. The van der Waals surface area contributed by atoms with Crippen molar-refractivity contribution in [1.29, 1.82) is 0 Å². The molecule has 1 aliphatic rings. The molecule has 0 unspecified atom stereocenters. The van der Waals surface area contributed by atoms with Crippen LogP contribution in [0, 0.1) is 0 Å². The lowest BCUT2D eigenvalue weighted by Crippen LogP contribution is -2.30. The molecule has 3 heterocycles. The Balaban J connectivity index is 1.61. The van der Waals surface area contributed by atoms with E-state index in [1.54, 1.807) is 25.1 Å². The first-order valence-electron chi connectivity index (χ1n) is 9.38. The summed E-state index contributed by atoms with van der Waals surface area (Å²) in [4.78, 5) is 22.8. The van der Waals surface area contributed by atoms with E-state index >= 15 is 0 Å². The zero-order valence-electron chi connectivity index (χ0n) is 16.2. The molecule has 30 heavy (non-hydrogen) atoms. The van der Waals surface area contributed by atoms with Crippen LogP contribution in [0.25, 0.3) is 10.9 Å². The minimum absolute atomic E-state index is 0.104. The molecule has 2 N–H and O–H groups in total. The van der Waals surface area contributed by atoms with Gasteiger partial charge in [-0.25, -0.2) is 4.98 Å². The maximum atomic E-state index is 13.1. The van der Waals surface area contributed by atoms with Crippen LogP contribution in [0.1, 0.15) is 39.7 Å². The van der Waals surface area contributed by atoms with E-state index in [0.29, 0.717) is 42.4 Å². The highest BCUT2D eigenvalue weighted by Gasteiger charge is 2.30. The predicted octanol–water partition coefficient (Wildman–Crippen LogP) is 3.92. The van der Waals surface area contributed by atoms with Gasteiger partial charge in [0, 0.05) is 29.3 Å². The van der Waals surface area contributed by atoms with Gasteiger partial charge in [0.1, 0.15) is 5.82 Å². The second-order valence-corrected chi connectivity index (χ2v) is 7.03. The summed E-state index contributed by atoms with van der Waals surface area (Å²) in [6.45, 7) is 3.08. The molecule has 1 aliphatic heterocycles. The first-order chi connectivity index (χ1) is 14.3. The second kappa shape index (κ2) is 7.56. The number of aromatic nitrogens is 2. The molecule has 156 valence electrons. The Bertz CT molecular complexity index is 1110. The number of nitrogens with two attached hydrogens (primary N) is 1. The van der Waals surface area contributed by atoms with E-state index in [2.05, 4.69) is 9.97 Å². The molecule has 2 aromatic heterocycles. The molecule has 4 rings (SSSR count). The third kappa shape index (κ3) is 3.68. The third-order valence-electron chi connectivity index (χ3n) is 5.15. The maximum Gasteiger partial charge on any atom is 0.417 e. The molecule has 0 saturated heterocycles. The number of benzene rings is 1. The highest BCUT2D eigenvalue weighted by Crippen LogP contribution is 2.32. The molecule has 0 fully saturated rings. The fourth-order valence-electron chi connectivity index (χ4n) is 3.49. The largest absolute Gasteiger partial charge is 0.417 e. The van der Waals surface area contributed by atoms with Crippen LogP contribution in [0.4, 0.5) is 19.0 Å². The summed E-state index contributed by atoms with van der Waals surface area (Å²) in [6.07, 6.45) is -3.67. The second-order valence-electron chi connectivity index (χ2n) is 7.03. The highest BCUT2D eigenvalue weighted by molar-refractivity contribution is 5.99. The van der Waals surface area contributed by atoms with Crippen LogP contribution >= 0.6 is 0 Å². The molecule has 1 amide bonds. The number of hydrogen-bond donors (Lipinski definition) is 1. The van der Waals surface area contributed by atoms with Gasteiger partial charge in [0.05, 0.1) is 36.5 Å². The van der Waals surface area contributed by atoms with Crippen molar-refractivity contribution in [3.05, 3.63) is 64.5 Å². The SMILES string of the molecule is CCN(Cc1ccc(C(F)(F)F)cn1)C(=O)c1ccc2nc(N)c3c(c2c1)COC3. The van der Waals surface area contributed by atoms with Gasteiger partial charge in [-0.2, -0.15) is 13.2 Å².